The molecule has 3 rings (SSSR count). The van der Waals surface area contributed by atoms with Crippen LogP contribution in [0.1, 0.15) is 51.7 Å². The summed E-state index contributed by atoms with van der Waals surface area (Å²) in [5.74, 6) is 0.766. The number of rotatable bonds is 6. The molecule has 2 N–H and O–H groups in total. The molecular formula is C25H32N2O2. The van der Waals surface area contributed by atoms with Crippen molar-refractivity contribution in [1.29, 1.82) is 0 Å². The zero-order valence-electron chi connectivity index (χ0n) is 17.9. The summed E-state index contributed by atoms with van der Waals surface area (Å²) in [4.78, 5) is 12.4. The Kier molecular flexibility index (Phi) is 6.43. The Morgan fingerprint density at radius 1 is 1.03 bits per heavy atom. The summed E-state index contributed by atoms with van der Waals surface area (Å²) in [6, 6.07) is 18.0. The van der Waals surface area contributed by atoms with E-state index in [4.69, 9.17) is 4.74 Å². The second kappa shape index (κ2) is 8.83. The topological polar surface area (TPSA) is 50.4 Å². The van der Waals surface area contributed by atoms with Crippen molar-refractivity contribution in [1.82, 2.24) is 10.6 Å². The highest BCUT2D eigenvalue weighted by Gasteiger charge is 2.37. The molecule has 1 aliphatic rings. The molecule has 0 spiro atoms. The molecule has 1 fully saturated rings. The highest BCUT2D eigenvalue weighted by atomic mass is 16.5. The van der Waals surface area contributed by atoms with Gasteiger partial charge in [-0.3, -0.25) is 4.79 Å². The van der Waals surface area contributed by atoms with Gasteiger partial charge >= 0.3 is 0 Å². The monoisotopic (exact) mass is 392 g/mol. The molecule has 1 aliphatic heterocycles. The molecule has 0 aromatic heterocycles. The minimum absolute atomic E-state index is 0.0129. The molecule has 1 amide bonds. The smallest absolute Gasteiger partial charge is 0.244 e. The van der Waals surface area contributed by atoms with Gasteiger partial charge in [0, 0.05) is 23.2 Å². The number of piperidine rings is 1. The van der Waals surface area contributed by atoms with Gasteiger partial charge in [-0.15, -0.1) is 0 Å². The molecule has 4 heteroatoms. The maximum Gasteiger partial charge on any atom is 0.244 e. The summed E-state index contributed by atoms with van der Waals surface area (Å²) in [5.41, 5.74) is 2.13. The van der Waals surface area contributed by atoms with E-state index in [1.54, 1.807) is 6.08 Å². The van der Waals surface area contributed by atoms with Gasteiger partial charge in [-0.05, 0) is 69.9 Å². The fraction of sp³-hybridized carbons (Fsp3) is 0.400. The van der Waals surface area contributed by atoms with E-state index >= 15 is 0 Å². The number of ether oxygens (including phenoxy) is 1. The van der Waals surface area contributed by atoms with Crippen molar-refractivity contribution in [3.05, 3.63) is 71.8 Å². The average molecular weight is 393 g/mol. The molecule has 1 saturated heterocycles. The Labute approximate surface area is 174 Å². The van der Waals surface area contributed by atoms with Gasteiger partial charge in [-0.2, -0.15) is 0 Å². The molecular weight excluding hydrogens is 360 g/mol. The van der Waals surface area contributed by atoms with Gasteiger partial charge in [0.15, 0.2) is 0 Å². The van der Waals surface area contributed by atoms with Crippen LogP contribution in [0.4, 0.5) is 0 Å². The van der Waals surface area contributed by atoms with Gasteiger partial charge < -0.3 is 15.4 Å². The number of hydrogen-bond donors (Lipinski definition) is 2. The number of carbonyl (C=O) groups excluding carboxylic acids is 1. The zero-order chi connectivity index (χ0) is 20.9. The van der Waals surface area contributed by atoms with Gasteiger partial charge in [0.05, 0.1) is 0 Å². The average Bonchev–Trinajstić information content (AvgIpc) is 2.64. The third-order valence-electron chi connectivity index (χ3n) is 5.09. The molecule has 0 unspecified atom stereocenters. The highest BCUT2D eigenvalue weighted by molar-refractivity contribution is 5.91. The predicted molar refractivity (Wildman–Crippen MR) is 119 cm³/mol. The lowest BCUT2D eigenvalue weighted by Crippen LogP contribution is -2.62. The molecule has 2 aromatic rings. The maximum absolute atomic E-state index is 12.4. The van der Waals surface area contributed by atoms with E-state index in [2.05, 4.69) is 38.3 Å². The maximum atomic E-state index is 12.4. The van der Waals surface area contributed by atoms with Crippen LogP contribution in [0.3, 0.4) is 0 Å². The van der Waals surface area contributed by atoms with Crippen LogP contribution >= 0.6 is 0 Å². The molecule has 1 heterocycles. The molecule has 0 radical (unpaired) electrons. The third kappa shape index (κ3) is 6.75. The molecule has 4 nitrogen and oxygen atoms in total. The van der Waals surface area contributed by atoms with Gasteiger partial charge in [0.25, 0.3) is 0 Å². The second-order valence-corrected chi connectivity index (χ2v) is 9.18. The van der Waals surface area contributed by atoms with Crippen molar-refractivity contribution in [2.24, 2.45) is 0 Å². The quantitative estimate of drug-likeness (QED) is 0.701. The molecule has 154 valence electrons. The first kappa shape index (κ1) is 21.1. The Bertz CT molecular complexity index is 823. The van der Waals surface area contributed by atoms with Crippen molar-refractivity contribution >= 4 is 12.0 Å². The van der Waals surface area contributed by atoms with Crippen molar-refractivity contribution < 1.29 is 9.53 Å². The number of benzene rings is 2. The summed E-state index contributed by atoms with van der Waals surface area (Å²) in [7, 11) is 0. The van der Waals surface area contributed by atoms with E-state index in [0.717, 1.165) is 29.7 Å². The number of amides is 1. The van der Waals surface area contributed by atoms with Crippen LogP contribution in [-0.4, -0.2) is 23.0 Å². The van der Waals surface area contributed by atoms with Gasteiger partial charge in [-0.25, -0.2) is 0 Å². The zero-order valence-corrected chi connectivity index (χ0v) is 17.9. The summed E-state index contributed by atoms with van der Waals surface area (Å²) in [6.07, 6.45) is 5.29. The Morgan fingerprint density at radius 3 is 2.28 bits per heavy atom. The molecule has 0 bridgehead atoms. The van der Waals surface area contributed by atoms with E-state index in [1.807, 2.05) is 60.7 Å². The first-order valence-corrected chi connectivity index (χ1v) is 10.3. The van der Waals surface area contributed by atoms with Crippen LogP contribution in [0, 0.1) is 0 Å². The van der Waals surface area contributed by atoms with Crippen LogP contribution in [0.5, 0.6) is 5.75 Å². The summed E-state index contributed by atoms with van der Waals surface area (Å²) < 4.78 is 5.80. The Balaban J connectivity index is 1.51. The molecule has 0 saturated carbocycles. The van der Waals surface area contributed by atoms with Crippen molar-refractivity contribution in [2.75, 3.05) is 0 Å². The van der Waals surface area contributed by atoms with Crippen molar-refractivity contribution in [3.63, 3.8) is 0 Å². The highest BCUT2D eigenvalue weighted by Crippen LogP contribution is 2.28. The van der Waals surface area contributed by atoms with Crippen molar-refractivity contribution in [3.8, 4) is 5.75 Å². The lowest BCUT2D eigenvalue weighted by atomic mass is 9.79. The summed E-state index contributed by atoms with van der Waals surface area (Å²) in [5, 5.41) is 6.80. The van der Waals surface area contributed by atoms with E-state index in [-0.39, 0.29) is 23.0 Å². The van der Waals surface area contributed by atoms with Crippen LogP contribution < -0.4 is 15.4 Å². The fourth-order valence-corrected chi connectivity index (χ4v) is 4.26. The van der Waals surface area contributed by atoms with Crippen LogP contribution in [0.2, 0.25) is 0 Å². The summed E-state index contributed by atoms with van der Waals surface area (Å²) >= 11 is 0. The van der Waals surface area contributed by atoms with E-state index in [9.17, 15) is 4.79 Å². The van der Waals surface area contributed by atoms with Gasteiger partial charge in [0.1, 0.15) is 12.4 Å². The predicted octanol–water partition coefficient (Wildman–Crippen LogP) is 4.70. The van der Waals surface area contributed by atoms with Crippen molar-refractivity contribution in [2.45, 2.75) is 64.3 Å². The first-order chi connectivity index (χ1) is 13.7. The lowest BCUT2D eigenvalue weighted by molar-refractivity contribution is -0.117. The number of nitrogens with one attached hydrogen (secondary N) is 2. The van der Waals surface area contributed by atoms with Gasteiger partial charge in [-0.1, -0.05) is 42.5 Å². The third-order valence-corrected chi connectivity index (χ3v) is 5.09. The number of hydrogen-bond acceptors (Lipinski definition) is 3. The van der Waals surface area contributed by atoms with Crippen LogP contribution in [0.15, 0.2) is 60.7 Å². The largest absolute Gasteiger partial charge is 0.489 e. The molecule has 0 aliphatic carbocycles. The minimum atomic E-state index is -0.0482. The van der Waals surface area contributed by atoms with E-state index in [1.165, 1.54) is 0 Å². The normalized spacial score (nSPS) is 18.5. The Hall–Kier alpha value is -2.59. The fourth-order valence-electron chi connectivity index (χ4n) is 4.26. The van der Waals surface area contributed by atoms with E-state index in [0.29, 0.717) is 6.61 Å². The minimum Gasteiger partial charge on any atom is -0.489 e. The summed E-state index contributed by atoms with van der Waals surface area (Å²) in [6.45, 7) is 9.28. The van der Waals surface area contributed by atoms with Crippen LogP contribution in [-0.2, 0) is 11.4 Å². The SMILES string of the molecule is CC1(C)CC(NC(=O)/C=C/c2ccc(OCc3ccccc3)cc2)CC(C)(C)N1. The van der Waals surface area contributed by atoms with E-state index < -0.39 is 0 Å². The Morgan fingerprint density at radius 2 is 1.66 bits per heavy atom. The number of carbonyl (C=O) groups is 1. The second-order valence-electron chi connectivity index (χ2n) is 9.18. The lowest BCUT2D eigenvalue weighted by Gasteiger charge is -2.46. The standard InChI is InChI=1S/C25H32N2O2/c1-24(2)16-21(17-25(3,4)27-24)26-23(28)15-12-19-10-13-22(14-11-19)29-18-20-8-6-5-7-9-20/h5-15,21,27H,16-18H2,1-4H3,(H,26,28)/b15-12+. The first-order valence-electron chi connectivity index (χ1n) is 10.3. The molecule has 0 atom stereocenters. The molecule has 29 heavy (non-hydrogen) atoms. The molecule has 2 aromatic carbocycles. The van der Waals surface area contributed by atoms with Crippen LogP contribution in [0.25, 0.3) is 6.08 Å². The van der Waals surface area contributed by atoms with Gasteiger partial charge in [0.2, 0.25) is 5.91 Å².